The Morgan fingerprint density at radius 2 is 0.741 bits per heavy atom. The summed E-state index contributed by atoms with van der Waals surface area (Å²) >= 11 is 0. The van der Waals surface area contributed by atoms with Crippen LogP contribution in [0, 0.1) is 0 Å². The number of benzene rings is 3. The molecule has 0 aliphatic rings. The van der Waals surface area contributed by atoms with E-state index >= 15 is 0 Å². The third-order valence-electron chi connectivity index (χ3n) is 7.51. The Morgan fingerprint density at radius 1 is 0.389 bits per heavy atom. The highest BCUT2D eigenvalue weighted by Crippen LogP contribution is 2.03. The standard InChI is InChI=1S/C11H24O4.C10H15N.C10H14.C8H11N.C7H16O2/c1-3-4-5-13-8-9-15-11-10-14-7-6-12-2;1-11-9-5-8-10-6-3-2-4-7-10;1-2-3-7-10-8-5-4-6-9-10;1-9-7-8-5-3-2-4-6-8;1-3-4-5-9-7-6-8-2/h3-11H2,1-2H3;2-4,6-7,11H,5,8-9H2,1H3;4-6,8-9H,2-3,7H2,1H3;2-6,9H,7H2,1H3;3-7H2,1-2H3. The van der Waals surface area contributed by atoms with E-state index in [-0.39, 0.29) is 0 Å². The zero-order chi connectivity index (χ0) is 39.8. The predicted molar refractivity (Wildman–Crippen MR) is 230 cm³/mol. The number of methoxy groups -OCH3 is 2. The van der Waals surface area contributed by atoms with E-state index in [0.717, 1.165) is 45.8 Å². The Kier molecular flexibility index (Phi) is 47.9. The number of aryl methyl sites for hydroxylation is 2. The van der Waals surface area contributed by atoms with Crippen molar-refractivity contribution in [2.75, 3.05) is 101 Å². The van der Waals surface area contributed by atoms with Gasteiger partial charge in [0.1, 0.15) is 0 Å². The molecule has 2 N–H and O–H groups in total. The van der Waals surface area contributed by atoms with Gasteiger partial charge in [0.05, 0.1) is 52.9 Å². The van der Waals surface area contributed by atoms with Crippen molar-refractivity contribution < 1.29 is 28.4 Å². The van der Waals surface area contributed by atoms with Gasteiger partial charge < -0.3 is 39.1 Å². The van der Waals surface area contributed by atoms with Crippen molar-refractivity contribution in [3.8, 4) is 0 Å². The van der Waals surface area contributed by atoms with E-state index in [1.165, 1.54) is 61.6 Å². The minimum absolute atomic E-state index is 0.623. The molecule has 3 aromatic rings. The molecule has 310 valence electrons. The van der Waals surface area contributed by atoms with Crippen molar-refractivity contribution in [2.24, 2.45) is 0 Å². The molecule has 8 heteroatoms. The van der Waals surface area contributed by atoms with Crippen LogP contribution in [-0.2, 0) is 47.8 Å². The smallest absolute Gasteiger partial charge is 0.0701 e. The Morgan fingerprint density at radius 3 is 1.09 bits per heavy atom. The summed E-state index contributed by atoms with van der Waals surface area (Å²) in [6, 6.07) is 31.6. The summed E-state index contributed by atoms with van der Waals surface area (Å²) in [5.74, 6) is 0. The molecule has 3 rings (SSSR count). The summed E-state index contributed by atoms with van der Waals surface area (Å²) in [6.45, 7) is 15.6. The van der Waals surface area contributed by atoms with Crippen LogP contribution in [-0.4, -0.2) is 101 Å². The molecule has 0 bridgehead atoms. The number of hydrogen-bond donors (Lipinski definition) is 2. The van der Waals surface area contributed by atoms with Gasteiger partial charge in [-0.3, -0.25) is 0 Å². The quantitative estimate of drug-likeness (QED) is 0.0746. The van der Waals surface area contributed by atoms with Gasteiger partial charge in [-0.15, -0.1) is 0 Å². The molecule has 8 nitrogen and oxygen atoms in total. The van der Waals surface area contributed by atoms with Gasteiger partial charge in [-0.2, -0.15) is 0 Å². The molecule has 0 amide bonds. The van der Waals surface area contributed by atoms with Crippen molar-refractivity contribution in [3.63, 3.8) is 0 Å². The molecule has 0 aliphatic heterocycles. The topological polar surface area (TPSA) is 79.4 Å². The van der Waals surface area contributed by atoms with Gasteiger partial charge in [-0.25, -0.2) is 0 Å². The lowest BCUT2D eigenvalue weighted by Crippen LogP contribution is -2.11. The lowest BCUT2D eigenvalue weighted by molar-refractivity contribution is 0.00337. The van der Waals surface area contributed by atoms with Gasteiger partial charge in [0.2, 0.25) is 0 Å². The minimum Gasteiger partial charge on any atom is -0.382 e. The molecular weight excluding hydrogens is 677 g/mol. The van der Waals surface area contributed by atoms with Gasteiger partial charge in [-0.05, 0) is 75.9 Å². The van der Waals surface area contributed by atoms with Gasteiger partial charge in [0.15, 0.2) is 0 Å². The molecule has 0 heterocycles. The molecule has 0 aromatic heterocycles. The maximum Gasteiger partial charge on any atom is 0.0701 e. The average molecular weight is 757 g/mol. The van der Waals surface area contributed by atoms with Gasteiger partial charge >= 0.3 is 0 Å². The van der Waals surface area contributed by atoms with Gasteiger partial charge in [-0.1, -0.05) is 131 Å². The molecule has 0 saturated carbocycles. The summed E-state index contributed by atoms with van der Waals surface area (Å²) in [6.07, 6.45) is 10.9. The number of ether oxygens (including phenoxy) is 6. The van der Waals surface area contributed by atoms with Gasteiger partial charge in [0, 0.05) is 34.0 Å². The zero-order valence-corrected chi connectivity index (χ0v) is 35.5. The van der Waals surface area contributed by atoms with Crippen LogP contribution in [0.2, 0.25) is 0 Å². The van der Waals surface area contributed by atoms with Crippen LogP contribution in [0.5, 0.6) is 0 Å². The molecular formula is C46H80N2O6. The Hall–Kier alpha value is -2.66. The third-order valence-corrected chi connectivity index (χ3v) is 7.51. The first-order valence-corrected chi connectivity index (χ1v) is 20.3. The summed E-state index contributed by atoms with van der Waals surface area (Å²) in [4.78, 5) is 0. The molecule has 0 radical (unpaired) electrons. The van der Waals surface area contributed by atoms with E-state index in [9.17, 15) is 0 Å². The first kappa shape index (κ1) is 53.4. The summed E-state index contributed by atoms with van der Waals surface area (Å²) in [5.41, 5.74) is 4.23. The van der Waals surface area contributed by atoms with E-state index in [2.05, 4.69) is 104 Å². The van der Waals surface area contributed by atoms with Crippen molar-refractivity contribution in [3.05, 3.63) is 108 Å². The first-order chi connectivity index (χ1) is 26.6. The molecule has 0 unspecified atom stereocenters. The normalized spacial score (nSPS) is 10.1. The van der Waals surface area contributed by atoms with Crippen LogP contribution in [0.1, 0.15) is 82.4 Å². The molecule has 3 aromatic carbocycles. The number of rotatable bonds is 27. The maximum absolute atomic E-state index is 5.33. The van der Waals surface area contributed by atoms with E-state index in [0.29, 0.717) is 46.2 Å². The second-order valence-corrected chi connectivity index (χ2v) is 12.4. The van der Waals surface area contributed by atoms with Crippen LogP contribution >= 0.6 is 0 Å². The Labute approximate surface area is 332 Å². The third kappa shape index (κ3) is 43.7. The monoisotopic (exact) mass is 757 g/mol. The van der Waals surface area contributed by atoms with Crippen molar-refractivity contribution in [1.82, 2.24) is 10.6 Å². The number of unbranched alkanes of at least 4 members (excludes halogenated alkanes) is 3. The van der Waals surface area contributed by atoms with Crippen molar-refractivity contribution >= 4 is 0 Å². The fourth-order valence-corrected chi connectivity index (χ4v) is 4.36. The average Bonchev–Trinajstić information content (AvgIpc) is 3.22. The SMILES string of the molecule is CCCCOCCOC.CCCCOCCOCCOCCOC.CCCCc1ccccc1.CNCCCc1ccccc1.CNCc1ccccc1. The second kappa shape index (κ2) is 48.4. The van der Waals surface area contributed by atoms with E-state index < -0.39 is 0 Å². The number of nitrogens with one attached hydrogen (secondary N) is 2. The zero-order valence-electron chi connectivity index (χ0n) is 35.5. The second-order valence-electron chi connectivity index (χ2n) is 12.4. The lowest BCUT2D eigenvalue weighted by Gasteiger charge is -2.06. The maximum atomic E-state index is 5.33. The van der Waals surface area contributed by atoms with E-state index in [1.54, 1.807) is 14.2 Å². The first-order valence-electron chi connectivity index (χ1n) is 20.3. The highest BCUT2D eigenvalue weighted by Gasteiger charge is 1.92. The molecule has 0 aliphatic carbocycles. The van der Waals surface area contributed by atoms with Crippen molar-refractivity contribution in [2.45, 2.75) is 85.1 Å². The number of hydrogen-bond acceptors (Lipinski definition) is 8. The summed E-state index contributed by atoms with van der Waals surface area (Å²) in [5, 5.41) is 6.22. The van der Waals surface area contributed by atoms with Crippen LogP contribution in [0.15, 0.2) is 91.0 Å². The Balaban J connectivity index is 0. The van der Waals surface area contributed by atoms with Crippen molar-refractivity contribution in [1.29, 1.82) is 0 Å². The minimum atomic E-state index is 0.623. The van der Waals surface area contributed by atoms with Crippen LogP contribution in [0.3, 0.4) is 0 Å². The summed E-state index contributed by atoms with van der Waals surface area (Å²) < 4.78 is 30.7. The van der Waals surface area contributed by atoms with Gasteiger partial charge in [0.25, 0.3) is 0 Å². The fourth-order valence-electron chi connectivity index (χ4n) is 4.36. The summed E-state index contributed by atoms with van der Waals surface area (Å²) in [7, 11) is 7.29. The Bertz CT molecular complexity index is 1030. The van der Waals surface area contributed by atoms with Crippen LogP contribution < -0.4 is 10.6 Å². The molecule has 0 fully saturated rings. The predicted octanol–water partition coefficient (Wildman–Crippen LogP) is 9.21. The molecule has 54 heavy (non-hydrogen) atoms. The largest absolute Gasteiger partial charge is 0.382 e. The lowest BCUT2D eigenvalue weighted by atomic mass is 10.1. The molecule has 0 spiro atoms. The molecule has 0 saturated heterocycles. The highest BCUT2D eigenvalue weighted by molar-refractivity contribution is 5.15. The molecule has 0 atom stereocenters. The highest BCUT2D eigenvalue weighted by atomic mass is 16.6. The van der Waals surface area contributed by atoms with E-state index in [4.69, 9.17) is 28.4 Å². The van der Waals surface area contributed by atoms with Crippen LogP contribution in [0.25, 0.3) is 0 Å². The van der Waals surface area contributed by atoms with Crippen LogP contribution in [0.4, 0.5) is 0 Å². The van der Waals surface area contributed by atoms with E-state index in [1.807, 2.05) is 32.3 Å². The fraction of sp³-hybridized carbons (Fsp3) is 0.609.